The number of benzene rings is 1. The first-order valence-electron chi connectivity index (χ1n) is 6.20. The number of ketones is 1. The standard InChI is InChI=1S/C14H16O3S/c1-16-10-2-3-11-12(15)9-14(17-13(11)8-10)4-6-18-7-5-14/h2-3,8H,4-7,9H2,1H3. The molecule has 2 heterocycles. The van der Waals surface area contributed by atoms with Gasteiger partial charge in [0, 0.05) is 6.07 Å². The van der Waals surface area contributed by atoms with Crippen molar-refractivity contribution < 1.29 is 14.3 Å². The van der Waals surface area contributed by atoms with E-state index in [0.717, 1.165) is 30.1 Å². The Morgan fingerprint density at radius 2 is 2.11 bits per heavy atom. The normalized spacial score (nSPS) is 21.3. The fraction of sp³-hybridized carbons (Fsp3) is 0.500. The first-order chi connectivity index (χ1) is 8.72. The van der Waals surface area contributed by atoms with E-state index in [1.54, 1.807) is 13.2 Å². The van der Waals surface area contributed by atoms with Gasteiger partial charge < -0.3 is 9.47 Å². The summed E-state index contributed by atoms with van der Waals surface area (Å²) in [5, 5.41) is 0. The third-order valence-electron chi connectivity index (χ3n) is 3.70. The molecule has 0 aromatic heterocycles. The fourth-order valence-electron chi connectivity index (χ4n) is 2.62. The highest BCUT2D eigenvalue weighted by molar-refractivity contribution is 7.99. The van der Waals surface area contributed by atoms with E-state index in [9.17, 15) is 4.79 Å². The summed E-state index contributed by atoms with van der Waals surface area (Å²) in [5.41, 5.74) is 0.432. The summed E-state index contributed by atoms with van der Waals surface area (Å²) in [7, 11) is 1.62. The maximum atomic E-state index is 12.2. The number of thioether (sulfide) groups is 1. The van der Waals surface area contributed by atoms with E-state index in [0.29, 0.717) is 17.7 Å². The molecule has 1 spiro atoms. The van der Waals surface area contributed by atoms with Crippen molar-refractivity contribution in [1.82, 2.24) is 0 Å². The number of ether oxygens (including phenoxy) is 2. The zero-order valence-electron chi connectivity index (χ0n) is 10.4. The third-order valence-corrected chi connectivity index (χ3v) is 4.69. The highest BCUT2D eigenvalue weighted by Crippen LogP contribution is 2.42. The van der Waals surface area contributed by atoms with Gasteiger partial charge in [0.1, 0.15) is 17.1 Å². The minimum absolute atomic E-state index is 0.200. The molecule has 1 fully saturated rings. The maximum Gasteiger partial charge on any atom is 0.170 e. The number of methoxy groups -OCH3 is 1. The average Bonchev–Trinajstić information content (AvgIpc) is 2.38. The Bertz CT molecular complexity index is 478. The second kappa shape index (κ2) is 4.50. The van der Waals surface area contributed by atoms with Gasteiger partial charge in [-0.05, 0) is 36.5 Å². The third kappa shape index (κ3) is 1.99. The number of hydrogen-bond donors (Lipinski definition) is 0. The number of carbonyl (C=O) groups is 1. The van der Waals surface area contributed by atoms with E-state index in [4.69, 9.17) is 9.47 Å². The Balaban J connectivity index is 1.96. The molecule has 96 valence electrons. The van der Waals surface area contributed by atoms with Crippen LogP contribution in [-0.2, 0) is 0 Å². The molecular weight excluding hydrogens is 248 g/mol. The van der Waals surface area contributed by atoms with Crippen LogP contribution in [0.4, 0.5) is 0 Å². The smallest absolute Gasteiger partial charge is 0.170 e. The Morgan fingerprint density at radius 1 is 1.33 bits per heavy atom. The molecule has 18 heavy (non-hydrogen) atoms. The van der Waals surface area contributed by atoms with Crippen LogP contribution in [0.5, 0.6) is 11.5 Å². The molecule has 0 aliphatic carbocycles. The maximum absolute atomic E-state index is 12.2. The van der Waals surface area contributed by atoms with Crippen molar-refractivity contribution >= 4 is 17.5 Å². The largest absolute Gasteiger partial charge is 0.497 e. The first kappa shape index (κ1) is 11.9. The molecule has 1 saturated heterocycles. The topological polar surface area (TPSA) is 35.5 Å². The van der Waals surface area contributed by atoms with Gasteiger partial charge in [-0.3, -0.25) is 4.79 Å². The van der Waals surface area contributed by atoms with E-state index in [1.807, 2.05) is 23.9 Å². The molecule has 1 aromatic carbocycles. The summed E-state index contributed by atoms with van der Waals surface area (Å²) in [6, 6.07) is 5.45. The van der Waals surface area contributed by atoms with E-state index >= 15 is 0 Å². The fourth-order valence-corrected chi connectivity index (χ4v) is 3.86. The zero-order chi connectivity index (χ0) is 12.6. The van der Waals surface area contributed by atoms with Gasteiger partial charge in [-0.2, -0.15) is 11.8 Å². The molecule has 3 nitrogen and oxygen atoms in total. The zero-order valence-corrected chi connectivity index (χ0v) is 11.2. The van der Waals surface area contributed by atoms with Crippen LogP contribution in [0.1, 0.15) is 29.6 Å². The molecule has 0 atom stereocenters. The molecule has 4 heteroatoms. The van der Waals surface area contributed by atoms with Crippen molar-refractivity contribution in [2.45, 2.75) is 24.9 Å². The summed E-state index contributed by atoms with van der Waals surface area (Å²) in [4.78, 5) is 12.2. The lowest BCUT2D eigenvalue weighted by atomic mass is 9.85. The van der Waals surface area contributed by atoms with Crippen molar-refractivity contribution in [3.8, 4) is 11.5 Å². The molecule has 3 rings (SSSR count). The summed E-state index contributed by atoms with van der Waals surface area (Å²) < 4.78 is 11.4. The van der Waals surface area contributed by atoms with Crippen LogP contribution in [0.15, 0.2) is 18.2 Å². The molecule has 0 N–H and O–H groups in total. The van der Waals surface area contributed by atoms with Gasteiger partial charge in [-0.1, -0.05) is 0 Å². The van der Waals surface area contributed by atoms with E-state index in [-0.39, 0.29) is 11.4 Å². The summed E-state index contributed by atoms with van der Waals surface area (Å²) in [5.74, 6) is 3.78. The van der Waals surface area contributed by atoms with Gasteiger partial charge in [-0.25, -0.2) is 0 Å². The van der Waals surface area contributed by atoms with Crippen molar-refractivity contribution in [3.05, 3.63) is 23.8 Å². The average molecular weight is 264 g/mol. The van der Waals surface area contributed by atoms with Crippen LogP contribution in [0.25, 0.3) is 0 Å². The number of hydrogen-bond acceptors (Lipinski definition) is 4. The highest BCUT2D eigenvalue weighted by Gasteiger charge is 2.41. The van der Waals surface area contributed by atoms with Crippen molar-refractivity contribution in [1.29, 1.82) is 0 Å². The van der Waals surface area contributed by atoms with E-state index < -0.39 is 0 Å². The summed E-state index contributed by atoms with van der Waals surface area (Å²) >= 11 is 1.94. The predicted molar refractivity (Wildman–Crippen MR) is 71.9 cm³/mol. The van der Waals surface area contributed by atoms with Gasteiger partial charge in [0.05, 0.1) is 19.1 Å². The second-order valence-corrected chi connectivity index (χ2v) is 6.08. The van der Waals surface area contributed by atoms with Crippen molar-refractivity contribution in [2.24, 2.45) is 0 Å². The molecule has 0 bridgehead atoms. The van der Waals surface area contributed by atoms with Crippen LogP contribution >= 0.6 is 11.8 Å². The Labute approximate surface area is 111 Å². The summed E-state index contributed by atoms with van der Waals surface area (Å²) in [6.07, 6.45) is 2.44. The minimum atomic E-state index is -0.262. The van der Waals surface area contributed by atoms with Crippen LogP contribution in [0, 0.1) is 0 Å². The number of fused-ring (bicyclic) bond motifs is 1. The van der Waals surface area contributed by atoms with E-state index in [1.165, 1.54) is 0 Å². The molecule has 1 aromatic rings. The second-order valence-electron chi connectivity index (χ2n) is 4.86. The Kier molecular flexibility index (Phi) is 2.98. The lowest BCUT2D eigenvalue weighted by molar-refractivity contribution is 0.0346. The molecule has 0 saturated carbocycles. The molecular formula is C14H16O3S. The van der Waals surface area contributed by atoms with Crippen LogP contribution in [-0.4, -0.2) is 30.0 Å². The number of Topliss-reactive ketones (excluding diaryl/α,β-unsaturated/α-hetero) is 1. The first-order valence-corrected chi connectivity index (χ1v) is 7.36. The molecule has 0 radical (unpaired) electrons. The van der Waals surface area contributed by atoms with Gasteiger partial charge in [-0.15, -0.1) is 0 Å². The summed E-state index contributed by atoms with van der Waals surface area (Å²) in [6.45, 7) is 0. The van der Waals surface area contributed by atoms with Crippen molar-refractivity contribution in [2.75, 3.05) is 18.6 Å². The predicted octanol–water partition coefficient (Wildman–Crippen LogP) is 2.93. The lowest BCUT2D eigenvalue weighted by Gasteiger charge is -2.40. The molecule has 2 aliphatic rings. The van der Waals surface area contributed by atoms with Crippen LogP contribution < -0.4 is 9.47 Å². The number of rotatable bonds is 1. The quantitative estimate of drug-likeness (QED) is 0.781. The Morgan fingerprint density at radius 3 is 2.83 bits per heavy atom. The van der Waals surface area contributed by atoms with E-state index in [2.05, 4.69) is 0 Å². The van der Waals surface area contributed by atoms with Gasteiger partial charge >= 0.3 is 0 Å². The highest BCUT2D eigenvalue weighted by atomic mass is 32.2. The number of carbonyl (C=O) groups excluding carboxylic acids is 1. The van der Waals surface area contributed by atoms with Crippen LogP contribution in [0.2, 0.25) is 0 Å². The van der Waals surface area contributed by atoms with Crippen molar-refractivity contribution in [3.63, 3.8) is 0 Å². The van der Waals surface area contributed by atoms with Gasteiger partial charge in [0.25, 0.3) is 0 Å². The minimum Gasteiger partial charge on any atom is -0.497 e. The lowest BCUT2D eigenvalue weighted by Crippen LogP contribution is -2.44. The molecule has 0 unspecified atom stereocenters. The SMILES string of the molecule is COc1ccc2c(c1)OC1(CCSCC1)CC2=O. The molecule has 2 aliphatic heterocycles. The van der Waals surface area contributed by atoms with Crippen LogP contribution in [0.3, 0.4) is 0 Å². The van der Waals surface area contributed by atoms with Gasteiger partial charge in [0.2, 0.25) is 0 Å². The molecule has 0 amide bonds. The Hall–Kier alpha value is -1.16. The van der Waals surface area contributed by atoms with Gasteiger partial charge in [0.15, 0.2) is 5.78 Å². The monoisotopic (exact) mass is 264 g/mol.